The zero-order valence-electron chi connectivity index (χ0n) is 12.8. The molecule has 0 saturated carbocycles. The quantitative estimate of drug-likeness (QED) is 0.480. The molecule has 0 fully saturated rings. The van der Waals surface area contributed by atoms with Crippen molar-refractivity contribution in [3.8, 4) is 11.5 Å². The van der Waals surface area contributed by atoms with Crippen LogP contribution in [0.15, 0.2) is 47.6 Å². The zero-order chi connectivity index (χ0) is 17.5. The summed E-state index contributed by atoms with van der Waals surface area (Å²) in [5, 5.41) is 24.1. The molecule has 2 N–H and O–H groups in total. The van der Waals surface area contributed by atoms with Crippen LogP contribution in [0.25, 0.3) is 0 Å². The van der Waals surface area contributed by atoms with E-state index >= 15 is 0 Å². The minimum Gasteiger partial charge on any atom is -0.507 e. The Labute approximate surface area is 137 Å². The summed E-state index contributed by atoms with van der Waals surface area (Å²) >= 11 is 0. The molecule has 0 radical (unpaired) electrons. The van der Waals surface area contributed by atoms with Crippen LogP contribution >= 0.6 is 0 Å². The number of rotatable bonds is 6. The fourth-order valence-corrected chi connectivity index (χ4v) is 1.85. The zero-order valence-corrected chi connectivity index (χ0v) is 12.8. The number of nitro benzene ring substituents is 1. The summed E-state index contributed by atoms with van der Waals surface area (Å²) in [5.74, 6) is -0.0251. The molecule has 24 heavy (non-hydrogen) atoms. The Bertz CT molecular complexity index is 772. The lowest BCUT2D eigenvalue weighted by Crippen LogP contribution is -2.17. The third-order valence-corrected chi connectivity index (χ3v) is 3.02. The second-order valence-electron chi connectivity index (χ2n) is 4.66. The second-order valence-corrected chi connectivity index (χ2v) is 4.66. The van der Waals surface area contributed by atoms with Crippen LogP contribution in [0.5, 0.6) is 11.5 Å². The van der Waals surface area contributed by atoms with Gasteiger partial charge in [-0.25, -0.2) is 5.43 Å². The highest BCUT2D eigenvalue weighted by molar-refractivity contribution is 5.95. The number of amides is 1. The number of benzene rings is 2. The molecule has 2 rings (SSSR count). The first-order valence-corrected chi connectivity index (χ1v) is 7.05. The number of carbonyl (C=O) groups excluding carboxylic acids is 1. The summed E-state index contributed by atoms with van der Waals surface area (Å²) in [6.45, 7) is 2.32. The molecule has 0 aliphatic heterocycles. The van der Waals surface area contributed by atoms with Gasteiger partial charge in [0.15, 0.2) is 0 Å². The second kappa shape index (κ2) is 7.73. The Kier molecular flexibility index (Phi) is 5.45. The van der Waals surface area contributed by atoms with Crippen LogP contribution in [0.4, 0.5) is 5.69 Å². The van der Waals surface area contributed by atoms with Gasteiger partial charge in [0.05, 0.1) is 17.7 Å². The SMILES string of the molecule is CCOc1ccc(/C=N/NC(=O)c2ccc([N+](=O)[O-])cc2)c(O)c1. The molecule has 0 bridgehead atoms. The fraction of sp³-hybridized carbons (Fsp3) is 0.125. The van der Waals surface area contributed by atoms with Gasteiger partial charge in [0.25, 0.3) is 11.6 Å². The van der Waals surface area contributed by atoms with Crippen LogP contribution in [0, 0.1) is 10.1 Å². The van der Waals surface area contributed by atoms with Crippen molar-refractivity contribution in [1.82, 2.24) is 5.43 Å². The van der Waals surface area contributed by atoms with E-state index in [-0.39, 0.29) is 17.0 Å². The molecule has 0 atom stereocenters. The van der Waals surface area contributed by atoms with Crippen molar-refractivity contribution < 1.29 is 19.6 Å². The summed E-state index contributed by atoms with van der Waals surface area (Å²) in [7, 11) is 0. The summed E-state index contributed by atoms with van der Waals surface area (Å²) in [5.41, 5.74) is 2.81. The highest BCUT2D eigenvalue weighted by Gasteiger charge is 2.08. The average molecular weight is 329 g/mol. The highest BCUT2D eigenvalue weighted by Crippen LogP contribution is 2.22. The van der Waals surface area contributed by atoms with Gasteiger partial charge in [-0.05, 0) is 31.2 Å². The van der Waals surface area contributed by atoms with E-state index in [1.165, 1.54) is 36.5 Å². The van der Waals surface area contributed by atoms with Gasteiger partial charge in [0, 0.05) is 29.3 Å². The number of nitrogens with one attached hydrogen (secondary N) is 1. The van der Waals surface area contributed by atoms with Gasteiger partial charge >= 0.3 is 0 Å². The number of aromatic hydroxyl groups is 1. The molecule has 8 heteroatoms. The molecular weight excluding hydrogens is 314 g/mol. The molecule has 0 spiro atoms. The maximum absolute atomic E-state index is 11.9. The van der Waals surface area contributed by atoms with Gasteiger partial charge in [-0.2, -0.15) is 5.10 Å². The van der Waals surface area contributed by atoms with Crippen molar-refractivity contribution in [1.29, 1.82) is 0 Å². The normalized spacial score (nSPS) is 10.5. The largest absolute Gasteiger partial charge is 0.507 e. The molecule has 1 amide bonds. The van der Waals surface area contributed by atoms with Gasteiger partial charge in [-0.1, -0.05) is 0 Å². The third-order valence-electron chi connectivity index (χ3n) is 3.02. The molecule has 2 aromatic carbocycles. The van der Waals surface area contributed by atoms with Crippen molar-refractivity contribution >= 4 is 17.8 Å². The summed E-state index contributed by atoms with van der Waals surface area (Å²) in [6, 6.07) is 9.84. The van der Waals surface area contributed by atoms with Crippen LogP contribution in [-0.2, 0) is 0 Å². The number of non-ortho nitro benzene ring substituents is 1. The van der Waals surface area contributed by atoms with Gasteiger partial charge < -0.3 is 9.84 Å². The minimum atomic E-state index is -0.547. The van der Waals surface area contributed by atoms with E-state index in [1.54, 1.807) is 12.1 Å². The van der Waals surface area contributed by atoms with Crippen LogP contribution in [-0.4, -0.2) is 28.8 Å². The third kappa shape index (κ3) is 4.29. The predicted molar refractivity (Wildman–Crippen MR) is 87.4 cm³/mol. The molecule has 0 aromatic heterocycles. The smallest absolute Gasteiger partial charge is 0.271 e. The summed E-state index contributed by atoms with van der Waals surface area (Å²) in [4.78, 5) is 21.9. The average Bonchev–Trinajstić information content (AvgIpc) is 2.57. The fourth-order valence-electron chi connectivity index (χ4n) is 1.85. The van der Waals surface area contributed by atoms with Gasteiger partial charge in [0.2, 0.25) is 0 Å². The monoisotopic (exact) mass is 329 g/mol. The van der Waals surface area contributed by atoms with E-state index in [9.17, 15) is 20.0 Å². The van der Waals surface area contributed by atoms with Crippen molar-refractivity contribution in [3.63, 3.8) is 0 Å². The first-order chi connectivity index (χ1) is 11.5. The van der Waals surface area contributed by atoms with Gasteiger partial charge in [-0.15, -0.1) is 0 Å². The summed E-state index contributed by atoms with van der Waals surface area (Å²) in [6.07, 6.45) is 1.29. The Morgan fingerprint density at radius 3 is 2.62 bits per heavy atom. The minimum absolute atomic E-state index is 0.0331. The Morgan fingerprint density at radius 2 is 2.04 bits per heavy atom. The number of nitrogens with zero attached hydrogens (tertiary/aromatic N) is 2. The Hall–Kier alpha value is -3.42. The molecule has 2 aromatic rings. The van der Waals surface area contributed by atoms with Crippen molar-refractivity contribution in [2.45, 2.75) is 6.92 Å². The van der Waals surface area contributed by atoms with Gasteiger partial charge in [0.1, 0.15) is 11.5 Å². The van der Waals surface area contributed by atoms with E-state index in [4.69, 9.17) is 4.74 Å². The van der Waals surface area contributed by atoms with Gasteiger partial charge in [-0.3, -0.25) is 14.9 Å². The number of nitro groups is 1. The number of ether oxygens (including phenoxy) is 1. The van der Waals surface area contributed by atoms with Crippen LogP contribution in [0.1, 0.15) is 22.8 Å². The number of phenols is 1. The number of hydrogen-bond acceptors (Lipinski definition) is 6. The molecule has 124 valence electrons. The first kappa shape index (κ1) is 16.9. The molecule has 0 unspecified atom stereocenters. The van der Waals surface area contributed by atoms with E-state index in [2.05, 4.69) is 10.5 Å². The predicted octanol–water partition coefficient (Wildman–Crippen LogP) is 2.46. The van der Waals surface area contributed by atoms with Crippen molar-refractivity contribution in [2.24, 2.45) is 5.10 Å². The summed E-state index contributed by atoms with van der Waals surface area (Å²) < 4.78 is 5.25. The Morgan fingerprint density at radius 1 is 1.33 bits per heavy atom. The molecule has 0 heterocycles. The lowest BCUT2D eigenvalue weighted by atomic mass is 10.2. The number of hydrogen-bond donors (Lipinski definition) is 2. The molecular formula is C16H15N3O5. The van der Waals surface area contributed by atoms with Crippen LogP contribution in [0.2, 0.25) is 0 Å². The molecule has 0 saturated heterocycles. The standard InChI is InChI=1S/C16H15N3O5/c1-2-24-14-8-5-12(15(20)9-14)10-17-18-16(21)11-3-6-13(7-4-11)19(22)23/h3-10,20H,2H2,1H3,(H,18,21)/b17-10+. The van der Waals surface area contributed by atoms with Crippen LogP contribution < -0.4 is 10.2 Å². The molecule has 8 nitrogen and oxygen atoms in total. The van der Waals surface area contributed by atoms with E-state index in [0.717, 1.165) is 0 Å². The molecule has 0 aliphatic rings. The van der Waals surface area contributed by atoms with E-state index < -0.39 is 10.8 Å². The van der Waals surface area contributed by atoms with E-state index in [0.29, 0.717) is 17.9 Å². The lowest BCUT2D eigenvalue weighted by Gasteiger charge is -2.05. The number of hydrazone groups is 1. The van der Waals surface area contributed by atoms with Crippen LogP contribution in [0.3, 0.4) is 0 Å². The first-order valence-electron chi connectivity index (χ1n) is 7.05. The topological polar surface area (TPSA) is 114 Å². The highest BCUT2D eigenvalue weighted by atomic mass is 16.6. The number of carbonyl (C=O) groups is 1. The van der Waals surface area contributed by atoms with E-state index in [1.807, 2.05) is 6.92 Å². The molecule has 0 aliphatic carbocycles. The van der Waals surface area contributed by atoms with Crippen molar-refractivity contribution in [3.05, 3.63) is 63.7 Å². The van der Waals surface area contributed by atoms with Crippen molar-refractivity contribution in [2.75, 3.05) is 6.61 Å². The lowest BCUT2D eigenvalue weighted by molar-refractivity contribution is -0.384. The maximum atomic E-state index is 11.9. The number of phenolic OH excluding ortho intramolecular Hbond substituents is 1. The maximum Gasteiger partial charge on any atom is 0.271 e. The Balaban J connectivity index is 2.00.